The molecule has 0 aromatic heterocycles. The van der Waals surface area contributed by atoms with Gasteiger partial charge in [-0.1, -0.05) is 0 Å². The summed E-state index contributed by atoms with van der Waals surface area (Å²) in [6.45, 7) is -0.749. The Morgan fingerprint density at radius 1 is 1.56 bits per heavy atom. The number of hydrogen-bond acceptors (Lipinski definition) is 4. The van der Waals surface area contributed by atoms with Crippen LogP contribution in [0.5, 0.6) is 0 Å². The minimum Gasteiger partial charge on any atom is -0.494 e. The van der Waals surface area contributed by atoms with Crippen molar-refractivity contribution in [2.45, 2.75) is 6.43 Å². The number of aliphatic hydroxyl groups excluding tert-OH is 1. The summed E-state index contributed by atoms with van der Waals surface area (Å²) in [4.78, 5) is 12.5. The summed E-state index contributed by atoms with van der Waals surface area (Å²) in [6, 6.07) is 0. The lowest BCUT2D eigenvalue weighted by atomic mass is 10.4. The Hall–Kier alpha value is -1.37. The molecule has 0 unspecified atom stereocenters. The molecule has 0 aliphatic carbocycles. The van der Waals surface area contributed by atoms with Gasteiger partial charge >= 0.3 is 0 Å². The van der Waals surface area contributed by atoms with Crippen molar-refractivity contribution in [1.82, 2.24) is 4.90 Å². The molecule has 0 saturated heterocycles. The number of carbonyl (C=O) groups is 1. The van der Waals surface area contributed by atoms with Crippen LogP contribution < -0.4 is 0 Å². The molecule has 5 nitrogen and oxygen atoms in total. The molecule has 0 aromatic carbocycles. The molecule has 0 spiro atoms. The fourth-order valence-corrected chi connectivity index (χ4v) is 1.20. The van der Waals surface area contributed by atoms with Crippen LogP contribution in [0.1, 0.15) is 0 Å². The van der Waals surface area contributed by atoms with E-state index in [1.807, 2.05) is 0 Å². The van der Waals surface area contributed by atoms with E-state index in [1.54, 1.807) is 0 Å². The topological polar surface area (TPSA) is 59.0 Å². The third-order valence-corrected chi connectivity index (χ3v) is 1.88. The zero-order valence-electron chi connectivity index (χ0n) is 8.57. The van der Waals surface area contributed by atoms with Crippen molar-refractivity contribution >= 4 is 5.91 Å². The Kier molecular flexibility index (Phi) is 4.97. The molecule has 0 bridgehead atoms. The highest BCUT2D eigenvalue weighted by atomic mass is 19.3. The lowest BCUT2D eigenvalue weighted by Gasteiger charge is -2.23. The average Bonchev–Trinajstić information content (AvgIpc) is 2.28. The first-order valence-corrected chi connectivity index (χ1v) is 4.78. The van der Waals surface area contributed by atoms with E-state index >= 15 is 0 Å². The van der Waals surface area contributed by atoms with Gasteiger partial charge in [-0.05, 0) is 0 Å². The molecule has 0 aromatic rings. The number of alkyl halides is 2. The Morgan fingerprint density at radius 3 is 2.81 bits per heavy atom. The maximum atomic E-state index is 12.2. The predicted octanol–water partition coefficient (Wildman–Crippen LogP) is -0.0394. The molecule has 16 heavy (non-hydrogen) atoms. The van der Waals surface area contributed by atoms with E-state index in [0.717, 1.165) is 11.2 Å². The number of halogens is 2. The largest absolute Gasteiger partial charge is 0.494 e. The molecule has 92 valence electrons. The van der Waals surface area contributed by atoms with Gasteiger partial charge in [-0.15, -0.1) is 0 Å². The van der Waals surface area contributed by atoms with E-state index in [4.69, 9.17) is 14.6 Å². The van der Waals surface area contributed by atoms with Crippen molar-refractivity contribution in [1.29, 1.82) is 0 Å². The highest BCUT2D eigenvalue weighted by Crippen LogP contribution is 2.10. The van der Waals surface area contributed by atoms with Gasteiger partial charge < -0.3 is 19.5 Å². The normalized spacial score (nSPS) is 15.1. The molecule has 0 saturated carbocycles. The van der Waals surface area contributed by atoms with Crippen LogP contribution in [-0.4, -0.2) is 55.2 Å². The number of rotatable bonds is 5. The van der Waals surface area contributed by atoms with Gasteiger partial charge in [-0.2, -0.15) is 0 Å². The van der Waals surface area contributed by atoms with Crippen LogP contribution in [0.15, 0.2) is 12.0 Å². The Labute approximate surface area is 91.2 Å². The monoisotopic (exact) mass is 237 g/mol. The lowest BCUT2D eigenvalue weighted by molar-refractivity contribution is -0.134. The van der Waals surface area contributed by atoms with E-state index in [0.29, 0.717) is 6.61 Å². The lowest BCUT2D eigenvalue weighted by Crippen LogP contribution is -2.39. The van der Waals surface area contributed by atoms with Crippen LogP contribution in [0.3, 0.4) is 0 Å². The second-order valence-electron chi connectivity index (χ2n) is 3.07. The Bertz CT molecular complexity index is 270. The number of ether oxygens (including phenoxy) is 2. The predicted molar refractivity (Wildman–Crippen MR) is 49.7 cm³/mol. The van der Waals surface area contributed by atoms with E-state index in [2.05, 4.69) is 0 Å². The fraction of sp³-hybridized carbons (Fsp3) is 0.667. The summed E-state index contributed by atoms with van der Waals surface area (Å²) in [6.07, 6.45) is -1.55. The molecule has 7 heteroatoms. The van der Waals surface area contributed by atoms with Crippen molar-refractivity contribution in [3.63, 3.8) is 0 Å². The molecule has 0 radical (unpaired) electrons. The summed E-state index contributed by atoms with van der Waals surface area (Å²) in [5.41, 5.74) is 0. The van der Waals surface area contributed by atoms with Crippen LogP contribution in [0.25, 0.3) is 0 Å². The number of hydrogen-bond donors (Lipinski definition) is 1. The van der Waals surface area contributed by atoms with E-state index in [-0.39, 0.29) is 25.5 Å². The number of aliphatic hydroxyl groups is 1. The van der Waals surface area contributed by atoms with Gasteiger partial charge in [0.25, 0.3) is 12.3 Å². The third-order valence-electron chi connectivity index (χ3n) is 1.88. The van der Waals surface area contributed by atoms with Crippen LogP contribution >= 0.6 is 0 Å². The standard InChI is InChI=1S/C9H13F2NO4/c10-8(11)5-12(1-2-13)9(14)7-6-15-3-4-16-7/h6,8,13H,1-5H2. The highest BCUT2D eigenvalue weighted by molar-refractivity contribution is 5.91. The first-order chi connectivity index (χ1) is 7.65. The van der Waals surface area contributed by atoms with Crippen LogP contribution in [0, 0.1) is 0 Å². The maximum Gasteiger partial charge on any atom is 0.292 e. The van der Waals surface area contributed by atoms with Crippen molar-refractivity contribution in [3.8, 4) is 0 Å². The van der Waals surface area contributed by atoms with Gasteiger partial charge in [0, 0.05) is 6.54 Å². The Balaban J connectivity index is 2.61. The molecule has 1 aliphatic heterocycles. The summed E-state index contributed by atoms with van der Waals surface area (Å²) in [7, 11) is 0. The molecule has 1 amide bonds. The molecular weight excluding hydrogens is 224 g/mol. The first kappa shape index (κ1) is 12.7. The van der Waals surface area contributed by atoms with Gasteiger partial charge in [0.1, 0.15) is 19.5 Å². The van der Waals surface area contributed by atoms with Crippen molar-refractivity contribution < 1.29 is 28.2 Å². The minimum absolute atomic E-state index is 0.111. The van der Waals surface area contributed by atoms with Gasteiger partial charge in [0.15, 0.2) is 0 Å². The minimum atomic E-state index is -2.65. The van der Waals surface area contributed by atoms with Gasteiger partial charge in [-0.3, -0.25) is 4.79 Å². The first-order valence-electron chi connectivity index (χ1n) is 4.78. The van der Waals surface area contributed by atoms with Crippen molar-refractivity contribution in [3.05, 3.63) is 12.0 Å². The van der Waals surface area contributed by atoms with E-state index < -0.39 is 18.9 Å². The SMILES string of the molecule is O=C(C1=COCCO1)N(CCO)CC(F)F. The molecule has 1 rings (SSSR count). The quantitative estimate of drug-likeness (QED) is 0.729. The van der Waals surface area contributed by atoms with Crippen LogP contribution in [0.4, 0.5) is 8.78 Å². The molecule has 1 heterocycles. The van der Waals surface area contributed by atoms with Crippen LogP contribution in [0.2, 0.25) is 0 Å². The molecule has 0 fully saturated rings. The smallest absolute Gasteiger partial charge is 0.292 e. The number of amides is 1. The zero-order chi connectivity index (χ0) is 12.0. The maximum absolute atomic E-state index is 12.2. The average molecular weight is 237 g/mol. The second kappa shape index (κ2) is 6.26. The molecule has 0 atom stereocenters. The van der Waals surface area contributed by atoms with Crippen LogP contribution in [-0.2, 0) is 14.3 Å². The third kappa shape index (κ3) is 3.65. The fourth-order valence-electron chi connectivity index (χ4n) is 1.20. The summed E-state index contributed by atoms with van der Waals surface area (Å²) in [5, 5.41) is 8.67. The number of carbonyl (C=O) groups excluding carboxylic acids is 1. The number of nitrogens with zero attached hydrogens (tertiary/aromatic N) is 1. The van der Waals surface area contributed by atoms with E-state index in [1.165, 1.54) is 0 Å². The Morgan fingerprint density at radius 2 is 2.31 bits per heavy atom. The summed E-state index contributed by atoms with van der Waals surface area (Å²) < 4.78 is 34.2. The molecular formula is C9H13F2NO4. The van der Waals surface area contributed by atoms with E-state index in [9.17, 15) is 13.6 Å². The van der Waals surface area contributed by atoms with Crippen molar-refractivity contribution in [2.24, 2.45) is 0 Å². The molecule has 1 aliphatic rings. The second-order valence-corrected chi connectivity index (χ2v) is 3.07. The highest BCUT2D eigenvalue weighted by Gasteiger charge is 2.24. The van der Waals surface area contributed by atoms with Gasteiger partial charge in [-0.25, -0.2) is 8.78 Å². The summed E-state index contributed by atoms with van der Waals surface area (Å²) in [5.74, 6) is -0.811. The molecule has 1 N–H and O–H groups in total. The summed E-state index contributed by atoms with van der Waals surface area (Å²) >= 11 is 0. The van der Waals surface area contributed by atoms with Crippen molar-refractivity contribution in [2.75, 3.05) is 32.9 Å². The van der Waals surface area contributed by atoms with Gasteiger partial charge in [0.05, 0.1) is 13.2 Å². The van der Waals surface area contributed by atoms with Gasteiger partial charge in [0.2, 0.25) is 5.76 Å². The zero-order valence-corrected chi connectivity index (χ0v) is 8.57.